The maximum atomic E-state index is 12.0. The smallest absolute Gasteiger partial charge is 0.410 e. The van der Waals surface area contributed by atoms with Crippen molar-refractivity contribution in [1.82, 2.24) is 4.90 Å². The van der Waals surface area contributed by atoms with E-state index in [-0.39, 0.29) is 12.2 Å². The van der Waals surface area contributed by atoms with E-state index in [0.29, 0.717) is 19.5 Å². The third kappa shape index (κ3) is 5.48. The average Bonchev–Trinajstić information content (AvgIpc) is 2.48. The highest BCUT2D eigenvalue weighted by Crippen LogP contribution is 2.21. The Morgan fingerprint density at radius 3 is 2.39 bits per heavy atom. The summed E-state index contributed by atoms with van der Waals surface area (Å²) < 4.78 is 11.3. The molecule has 0 bridgehead atoms. The summed E-state index contributed by atoms with van der Waals surface area (Å²) in [5.41, 5.74) is 0.523. The molecular weight excluding hydrogens is 292 g/mol. The number of nitrogens with zero attached hydrogens (tertiary/aromatic N) is 2. The van der Waals surface area contributed by atoms with Crippen LogP contribution in [0.1, 0.15) is 39.2 Å². The summed E-state index contributed by atoms with van der Waals surface area (Å²) in [7, 11) is 0. The molecule has 1 aliphatic rings. The quantitative estimate of drug-likeness (QED) is 0.856. The van der Waals surface area contributed by atoms with Crippen molar-refractivity contribution in [1.29, 1.82) is 5.26 Å². The van der Waals surface area contributed by atoms with E-state index in [0.717, 1.165) is 24.2 Å². The van der Waals surface area contributed by atoms with Crippen LogP contribution in [0.2, 0.25) is 0 Å². The Labute approximate surface area is 137 Å². The highest BCUT2D eigenvalue weighted by molar-refractivity contribution is 5.68. The lowest BCUT2D eigenvalue weighted by Crippen LogP contribution is -2.44. The summed E-state index contributed by atoms with van der Waals surface area (Å²) in [4.78, 5) is 13.8. The molecular formula is C18H24N2O3. The Hall–Kier alpha value is -2.22. The van der Waals surface area contributed by atoms with Gasteiger partial charge in [-0.25, -0.2) is 4.79 Å². The van der Waals surface area contributed by atoms with Crippen LogP contribution in [0, 0.1) is 11.3 Å². The predicted molar refractivity (Wildman–Crippen MR) is 87.2 cm³/mol. The zero-order valence-electron chi connectivity index (χ0n) is 14.0. The van der Waals surface area contributed by atoms with Gasteiger partial charge in [0.25, 0.3) is 0 Å². The molecule has 1 aliphatic heterocycles. The van der Waals surface area contributed by atoms with Crippen LogP contribution in [-0.2, 0) is 11.2 Å². The fraction of sp³-hybridized carbons (Fsp3) is 0.556. The minimum atomic E-state index is -0.463. The Balaban J connectivity index is 1.80. The molecule has 0 radical (unpaired) electrons. The minimum Gasteiger partial charge on any atom is -0.490 e. The van der Waals surface area contributed by atoms with Gasteiger partial charge >= 0.3 is 6.09 Å². The second-order valence-electron chi connectivity index (χ2n) is 6.76. The van der Waals surface area contributed by atoms with Crippen molar-refractivity contribution >= 4 is 6.09 Å². The lowest BCUT2D eigenvalue weighted by Gasteiger charge is -2.33. The number of rotatable bonds is 3. The van der Waals surface area contributed by atoms with Crippen molar-refractivity contribution in [3.8, 4) is 11.8 Å². The zero-order chi connectivity index (χ0) is 16.9. The number of hydrogen-bond donors (Lipinski definition) is 0. The maximum Gasteiger partial charge on any atom is 0.410 e. The molecule has 2 rings (SSSR count). The van der Waals surface area contributed by atoms with Gasteiger partial charge in [0.1, 0.15) is 17.5 Å². The van der Waals surface area contributed by atoms with Crippen molar-refractivity contribution in [2.45, 2.75) is 51.7 Å². The molecule has 124 valence electrons. The number of carbonyl (C=O) groups is 1. The molecule has 0 unspecified atom stereocenters. The van der Waals surface area contributed by atoms with Crippen molar-refractivity contribution in [2.75, 3.05) is 13.1 Å². The molecule has 1 fully saturated rings. The van der Waals surface area contributed by atoms with Crippen LogP contribution in [-0.4, -0.2) is 35.8 Å². The van der Waals surface area contributed by atoms with E-state index >= 15 is 0 Å². The van der Waals surface area contributed by atoms with Gasteiger partial charge in [0, 0.05) is 25.9 Å². The first kappa shape index (κ1) is 17.1. The molecule has 1 amide bonds. The van der Waals surface area contributed by atoms with Gasteiger partial charge in [-0.05, 0) is 38.5 Å². The molecule has 1 aromatic carbocycles. The summed E-state index contributed by atoms with van der Waals surface area (Å²) in [5.74, 6) is 0.808. The lowest BCUT2D eigenvalue weighted by molar-refractivity contribution is 0.0126. The third-order valence-electron chi connectivity index (χ3n) is 3.60. The first-order valence-corrected chi connectivity index (χ1v) is 7.98. The molecule has 0 spiro atoms. The number of likely N-dealkylation sites (tertiary alicyclic amines) is 1. The minimum absolute atomic E-state index is 0.107. The molecule has 1 saturated heterocycles. The van der Waals surface area contributed by atoms with Gasteiger partial charge in [0.15, 0.2) is 0 Å². The van der Waals surface area contributed by atoms with Crippen LogP contribution >= 0.6 is 0 Å². The largest absolute Gasteiger partial charge is 0.490 e. The number of amides is 1. The second kappa shape index (κ2) is 7.36. The Morgan fingerprint density at radius 2 is 1.87 bits per heavy atom. The third-order valence-corrected chi connectivity index (χ3v) is 3.60. The summed E-state index contributed by atoms with van der Waals surface area (Å²) in [6.07, 6.45) is 1.85. The Bertz CT molecular complexity index is 561. The van der Waals surface area contributed by atoms with Crippen molar-refractivity contribution in [2.24, 2.45) is 0 Å². The molecule has 23 heavy (non-hydrogen) atoms. The van der Waals surface area contributed by atoms with Crippen LogP contribution in [0.15, 0.2) is 24.3 Å². The van der Waals surface area contributed by atoms with Gasteiger partial charge in [-0.2, -0.15) is 5.26 Å². The van der Waals surface area contributed by atoms with Gasteiger partial charge in [-0.1, -0.05) is 12.1 Å². The molecule has 0 saturated carbocycles. The fourth-order valence-electron chi connectivity index (χ4n) is 2.45. The highest BCUT2D eigenvalue weighted by Gasteiger charge is 2.27. The van der Waals surface area contributed by atoms with E-state index < -0.39 is 5.60 Å². The number of ether oxygens (including phenoxy) is 2. The van der Waals surface area contributed by atoms with E-state index in [1.165, 1.54) is 0 Å². The van der Waals surface area contributed by atoms with Crippen LogP contribution in [0.3, 0.4) is 0 Å². The van der Waals surface area contributed by atoms with E-state index in [2.05, 4.69) is 6.07 Å². The Kier molecular flexibility index (Phi) is 5.49. The molecule has 1 heterocycles. The number of hydrogen-bond acceptors (Lipinski definition) is 4. The van der Waals surface area contributed by atoms with E-state index in [9.17, 15) is 4.79 Å². The van der Waals surface area contributed by atoms with Crippen LogP contribution in [0.4, 0.5) is 4.79 Å². The number of carbonyl (C=O) groups excluding carboxylic acids is 1. The molecule has 0 aliphatic carbocycles. The van der Waals surface area contributed by atoms with E-state index in [1.54, 1.807) is 4.90 Å². The van der Waals surface area contributed by atoms with Gasteiger partial charge < -0.3 is 14.4 Å². The molecule has 0 aromatic heterocycles. The van der Waals surface area contributed by atoms with Crippen molar-refractivity contribution in [3.63, 3.8) is 0 Å². The summed E-state index contributed by atoms with van der Waals surface area (Å²) in [5, 5.41) is 8.67. The summed E-state index contributed by atoms with van der Waals surface area (Å²) in [6.45, 7) is 6.91. The monoisotopic (exact) mass is 316 g/mol. The average molecular weight is 316 g/mol. The lowest BCUT2D eigenvalue weighted by atomic mass is 10.1. The maximum absolute atomic E-state index is 12.0. The number of benzene rings is 1. The molecule has 0 N–H and O–H groups in total. The fourth-order valence-corrected chi connectivity index (χ4v) is 2.45. The topological polar surface area (TPSA) is 62.6 Å². The standard InChI is InChI=1S/C18H24N2O3/c1-18(2,3)23-17(21)20-12-9-16(10-13-20)22-15-6-4-14(5-7-15)8-11-19/h4-7,16H,8-10,12-13H2,1-3H3. The van der Waals surface area contributed by atoms with E-state index in [4.69, 9.17) is 14.7 Å². The Morgan fingerprint density at radius 1 is 1.26 bits per heavy atom. The molecule has 1 aromatic rings. The first-order chi connectivity index (χ1) is 10.9. The van der Waals surface area contributed by atoms with Crippen LogP contribution in [0.5, 0.6) is 5.75 Å². The first-order valence-electron chi connectivity index (χ1n) is 7.98. The highest BCUT2D eigenvalue weighted by atomic mass is 16.6. The second-order valence-corrected chi connectivity index (χ2v) is 6.76. The van der Waals surface area contributed by atoms with Crippen LogP contribution in [0.25, 0.3) is 0 Å². The summed E-state index contributed by atoms with van der Waals surface area (Å²) in [6, 6.07) is 9.74. The zero-order valence-corrected chi connectivity index (χ0v) is 14.0. The molecule has 5 nitrogen and oxygen atoms in total. The molecule has 0 atom stereocenters. The van der Waals surface area contributed by atoms with Gasteiger partial charge in [0.05, 0.1) is 12.5 Å². The van der Waals surface area contributed by atoms with Gasteiger partial charge in [-0.15, -0.1) is 0 Å². The van der Waals surface area contributed by atoms with Crippen molar-refractivity contribution in [3.05, 3.63) is 29.8 Å². The normalized spacial score (nSPS) is 15.8. The molecule has 5 heteroatoms. The van der Waals surface area contributed by atoms with E-state index in [1.807, 2.05) is 45.0 Å². The van der Waals surface area contributed by atoms with Crippen LogP contribution < -0.4 is 4.74 Å². The number of nitriles is 1. The number of piperidine rings is 1. The van der Waals surface area contributed by atoms with Gasteiger partial charge in [-0.3, -0.25) is 0 Å². The SMILES string of the molecule is CC(C)(C)OC(=O)N1CCC(Oc2ccc(CC#N)cc2)CC1. The van der Waals surface area contributed by atoms with Gasteiger partial charge in [0.2, 0.25) is 0 Å². The predicted octanol–water partition coefficient (Wildman–Crippen LogP) is 3.53. The summed E-state index contributed by atoms with van der Waals surface area (Å²) >= 11 is 0. The van der Waals surface area contributed by atoms with Crippen molar-refractivity contribution < 1.29 is 14.3 Å².